The average molecular weight is 471 g/mol. The first-order valence-electron chi connectivity index (χ1n) is 11.3. The van der Waals surface area contributed by atoms with Crippen molar-refractivity contribution < 1.29 is 24.2 Å². The molecule has 2 amide bonds. The monoisotopic (exact) mass is 470 g/mol. The summed E-state index contributed by atoms with van der Waals surface area (Å²) in [6.07, 6.45) is 0.684. The standard InChI is InChI=1S/C28H26N2O5/c1-18(27(32)33)15-16-29-26(31)25(19-9-3-2-4-10-19)30-28(34)35-17-24-22-13-7-5-11-20(22)21-12-6-8-14-23(21)24/h2-15,24-25H,16-17H2,1H3,(H,29,31)(H,30,34)(H,32,33)/b18-15+/t25-/m1/s1. The van der Waals surface area contributed by atoms with Crippen LogP contribution in [0.3, 0.4) is 0 Å². The van der Waals surface area contributed by atoms with Crippen LogP contribution in [0.2, 0.25) is 0 Å². The summed E-state index contributed by atoms with van der Waals surface area (Å²) in [7, 11) is 0. The van der Waals surface area contributed by atoms with Crippen LogP contribution >= 0.6 is 0 Å². The van der Waals surface area contributed by atoms with Gasteiger partial charge in [-0.25, -0.2) is 9.59 Å². The minimum atomic E-state index is -1.06. The number of rotatable bonds is 8. The molecule has 7 heteroatoms. The van der Waals surface area contributed by atoms with Gasteiger partial charge in [0, 0.05) is 18.0 Å². The van der Waals surface area contributed by atoms with Crippen molar-refractivity contribution in [1.29, 1.82) is 0 Å². The fraction of sp³-hybridized carbons (Fsp3) is 0.179. The van der Waals surface area contributed by atoms with Crippen LogP contribution in [0.4, 0.5) is 4.79 Å². The van der Waals surface area contributed by atoms with E-state index in [-0.39, 0.29) is 24.6 Å². The summed E-state index contributed by atoms with van der Waals surface area (Å²) < 4.78 is 5.60. The molecule has 0 aliphatic heterocycles. The van der Waals surface area contributed by atoms with Gasteiger partial charge in [0.1, 0.15) is 12.6 Å². The number of aliphatic carboxylic acids is 1. The van der Waals surface area contributed by atoms with E-state index >= 15 is 0 Å². The van der Waals surface area contributed by atoms with Gasteiger partial charge in [-0.15, -0.1) is 0 Å². The van der Waals surface area contributed by atoms with Crippen molar-refractivity contribution in [2.75, 3.05) is 13.2 Å². The lowest BCUT2D eigenvalue weighted by atomic mass is 9.98. The highest BCUT2D eigenvalue weighted by molar-refractivity contribution is 5.88. The number of hydrogen-bond acceptors (Lipinski definition) is 4. The van der Waals surface area contributed by atoms with Gasteiger partial charge in [0.2, 0.25) is 5.91 Å². The minimum absolute atomic E-state index is 0.0205. The highest BCUT2D eigenvalue weighted by Gasteiger charge is 2.30. The zero-order chi connectivity index (χ0) is 24.8. The van der Waals surface area contributed by atoms with Crippen molar-refractivity contribution in [1.82, 2.24) is 10.6 Å². The molecule has 0 heterocycles. The summed E-state index contributed by atoms with van der Waals surface area (Å²) in [5.74, 6) is -1.63. The smallest absolute Gasteiger partial charge is 0.408 e. The molecule has 0 unspecified atom stereocenters. The molecule has 0 bridgehead atoms. The Balaban J connectivity index is 1.45. The molecule has 3 aromatic carbocycles. The van der Waals surface area contributed by atoms with Gasteiger partial charge in [0.15, 0.2) is 0 Å². The number of nitrogens with one attached hydrogen (secondary N) is 2. The Morgan fingerprint density at radius 3 is 2.09 bits per heavy atom. The van der Waals surface area contributed by atoms with Crippen LogP contribution in [-0.4, -0.2) is 36.2 Å². The van der Waals surface area contributed by atoms with Crippen LogP contribution in [0, 0.1) is 0 Å². The SMILES string of the molecule is C/C(=C\CNC(=O)[C@H](NC(=O)OCC1c2ccccc2-c2ccccc21)c1ccccc1)C(=O)O. The van der Waals surface area contributed by atoms with E-state index in [1.54, 1.807) is 24.3 Å². The van der Waals surface area contributed by atoms with Crippen molar-refractivity contribution in [2.24, 2.45) is 0 Å². The molecule has 1 aliphatic carbocycles. The topological polar surface area (TPSA) is 105 Å². The third-order valence-electron chi connectivity index (χ3n) is 6.02. The zero-order valence-corrected chi connectivity index (χ0v) is 19.2. The molecular weight excluding hydrogens is 444 g/mol. The van der Waals surface area contributed by atoms with E-state index in [2.05, 4.69) is 22.8 Å². The van der Waals surface area contributed by atoms with E-state index in [0.717, 1.165) is 22.3 Å². The van der Waals surface area contributed by atoms with Crippen molar-refractivity contribution in [3.63, 3.8) is 0 Å². The first-order valence-corrected chi connectivity index (χ1v) is 11.3. The lowest BCUT2D eigenvalue weighted by Crippen LogP contribution is -2.41. The third kappa shape index (κ3) is 5.41. The Hall–Kier alpha value is -4.39. The number of hydrogen-bond donors (Lipinski definition) is 3. The van der Waals surface area contributed by atoms with Gasteiger partial charge in [-0.05, 0) is 34.7 Å². The Bertz CT molecular complexity index is 1220. The fourth-order valence-electron chi connectivity index (χ4n) is 4.20. The maximum Gasteiger partial charge on any atom is 0.408 e. The summed E-state index contributed by atoms with van der Waals surface area (Å²) in [6, 6.07) is 23.9. The second kappa shape index (κ2) is 10.7. The molecule has 0 saturated heterocycles. The number of amides is 2. The number of alkyl carbamates (subject to hydrolysis) is 1. The molecule has 0 fully saturated rings. The second-order valence-corrected chi connectivity index (χ2v) is 8.25. The molecule has 3 N–H and O–H groups in total. The first-order chi connectivity index (χ1) is 17.0. The number of ether oxygens (including phenoxy) is 1. The summed E-state index contributed by atoms with van der Waals surface area (Å²) in [5, 5.41) is 14.3. The maximum atomic E-state index is 12.9. The zero-order valence-electron chi connectivity index (χ0n) is 19.2. The van der Waals surface area contributed by atoms with Crippen LogP contribution in [0.25, 0.3) is 11.1 Å². The first kappa shape index (κ1) is 23.8. The quantitative estimate of drug-likeness (QED) is 0.423. The predicted octanol–water partition coefficient (Wildman–Crippen LogP) is 4.41. The lowest BCUT2D eigenvalue weighted by Gasteiger charge is -2.20. The van der Waals surface area contributed by atoms with Crippen molar-refractivity contribution in [3.05, 3.63) is 107 Å². The number of carbonyl (C=O) groups is 3. The summed E-state index contributed by atoms with van der Waals surface area (Å²) in [6.45, 7) is 1.59. The number of carboxylic acid groups (broad SMARTS) is 1. The van der Waals surface area contributed by atoms with Crippen LogP contribution in [0.1, 0.15) is 35.6 Å². The highest BCUT2D eigenvalue weighted by atomic mass is 16.5. The van der Waals surface area contributed by atoms with E-state index in [9.17, 15) is 14.4 Å². The minimum Gasteiger partial charge on any atom is -0.478 e. The Kier molecular flexibility index (Phi) is 7.26. The van der Waals surface area contributed by atoms with E-state index in [1.165, 1.54) is 13.0 Å². The molecule has 178 valence electrons. The van der Waals surface area contributed by atoms with Crippen LogP contribution in [0.5, 0.6) is 0 Å². The molecule has 4 rings (SSSR count). The Morgan fingerprint density at radius 2 is 1.49 bits per heavy atom. The van der Waals surface area contributed by atoms with Gasteiger partial charge in [-0.3, -0.25) is 4.79 Å². The number of benzene rings is 3. The summed E-state index contributed by atoms with van der Waals surface area (Å²) >= 11 is 0. The molecule has 1 aliphatic rings. The number of carbonyl (C=O) groups excluding carboxylic acids is 2. The molecule has 0 saturated carbocycles. The number of carboxylic acids is 1. The van der Waals surface area contributed by atoms with Crippen molar-refractivity contribution >= 4 is 18.0 Å². The largest absolute Gasteiger partial charge is 0.478 e. The molecule has 0 aromatic heterocycles. The molecule has 35 heavy (non-hydrogen) atoms. The predicted molar refractivity (Wildman–Crippen MR) is 132 cm³/mol. The Labute approximate surface area is 203 Å². The maximum absolute atomic E-state index is 12.9. The van der Waals surface area contributed by atoms with Crippen molar-refractivity contribution in [2.45, 2.75) is 18.9 Å². The lowest BCUT2D eigenvalue weighted by molar-refractivity contribution is -0.132. The fourth-order valence-corrected chi connectivity index (χ4v) is 4.20. The molecule has 0 spiro atoms. The van der Waals surface area contributed by atoms with Crippen LogP contribution in [0.15, 0.2) is 90.5 Å². The molecule has 7 nitrogen and oxygen atoms in total. The van der Waals surface area contributed by atoms with E-state index in [1.807, 2.05) is 42.5 Å². The summed E-state index contributed by atoms with van der Waals surface area (Å²) in [4.78, 5) is 36.6. The highest BCUT2D eigenvalue weighted by Crippen LogP contribution is 2.44. The molecule has 1 atom stereocenters. The van der Waals surface area contributed by atoms with Gasteiger partial charge in [-0.2, -0.15) is 0 Å². The van der Waals surface area contributed by atoms with Crippen LogP contribution < -0.4 is 10.6 Å². The van der Waals surface area contributed by atoms with Gasteiger partial charge < -0.3 is 20.5 Å². The van der Waals surface area contributed by atoms with Crippen LogP contribution in [-0.2, 0) is 14.3 Å². The average Bonchev–Trinajstić information content (AvgIpc) is 3.20. The van der Waals surface area contributed by atoms with Gasteiger partial charge in [0.25, 0.3) is 0 Å². The molecule has 3 aromatic rings. The third-order valence-corrected chi connectivity index (χ3v) is 6.02. The molecular formula is C28H26N2O5. The van der Waals surface area contributed by atoms with E-state index in [4.69, 9.17) is 9.84 Å². The van der Waals surface area contributed by atoms with E-state index in [0.29, 0.717) is 5.56 Å². The van der Waals surface area contributed by atoms with Crippen molar-refractivity contribution in [3.8, 4) is 11.1 Å². The summed E-state index contributed by atoms with van der Waals surface area (Å²) in [5.41, 5.74) is 5.15. The van der Waals surface area contributed by atoms with Gasteiger partial charge in [-0.1, -0.05) is 84.9 Å². The van der Waals surface area contributed by atoms with Gasteiger partial charge in [0.05, 0.1) is 0 Å². The normalized spacial score (nSPS) is 13.3. The second-order valence-electron chi connectivity index (χ2n) is 8.25. The molecule has 0 radical (unpaired) electrons. The van der Waals surface area contributed by atoms with E-state index < -0.39 is 24.0 Å². The Morgan fingerprint density at radius 1 is 0.914 bits per heavy atom. The van der Waals surface area contributed by atoms with Gasteiger partial charge >= 0.3 is 12.1 Å². The number of fused-ring (bicyclic) bond motifs is 3.